The fourth-order valence-corrected chi connectivity index (χ4v) is 1.90. The van der Waals surface area contributed by atoms with E-state index >= 15 is 0 Å². The summed E-state index contributed by atoms with van der Waals surface area (Å²) < 4.78 is 10.5. The van der Waals surface area contributed by atoms with E-state index in [9.17, 15) is 9.90 Å². The number of esters is 1. The molecule has 0 bridgehead atoms. The fourth-order valence-electron chi connectivity index (χ4n) is 1.90. The second kappa shape index (κ2) is 6.08. The molecule has 4 heteroatoms. The predicted octanol–water partition coefficient (Wildman–Crippen LogP) is 1.26. The molecule has 0 unspecified atom stereocenters. The monoisotopic (exact) mass is 216 g/mol. The van der Waals surface area contributed by atoms with Crippen molar-refractivity contribution in [1.82, 2.24) is 0 Å². The van der Waals surface area contributed by atoms with Gasteiger partial charge in [0.05, 0.1) is 24.9 Å². The van der Waals surface area contributed by atoms with Crippen LogP contribution in [0, 0.1) is 0 Å². The van der Waals surface area contributed by atoms with Crippen LogP contribution in [-0.4, -0.2) is 36.0 Å². The number of aliphatic hydroxyl groups is 1. The number of hydrogen-bond acceptors (Lipinski definition) is 4. The lowest BCUT2D eigenvalue weighted by atomic mass is 10.1. The Kier molecular flexibility index (Phi) is 5.05. The lowest BCUT2D eigenvalue weighted by Gasteiger charge is -2.12. The average molecular weight is 216 g/mol. The Balaban J connectivity index is 2.10. The number of hydrogen-bond donors (Lipinski definition) is 1. The second-order valence-corrected chi connectivity index (χ2v) is 3.99. The van der Waals surface area contributed by atoms with Gasteiger partial charge in [0.2, 0.25) is 0 Å². The highest BCUT2D eigenvalue weighted by molar-refractivity contribution is 5.65. The van der Waals surface area contributed by atoms with Crippen LogP contribution in [0.5, 0.6) is 0 Å². The van der Waals surface area contributed by atoms with Gasteiger partial charge in [-0.3, -0.25) is 4.79 Å². The van der Waals surface area contributed by atoms with E-state index in [0.717, 1.165) is 19.3 Å². The molecule has 0 aliphatic carbocycles. The van der Waals surface area contributed by atoms with Gasteiger partial charge in [-0.15, -0.1) is 0 Å². The van der Waals surface area contributed by atoms with Crippen LogP contribution in [0.3, 0.4) is 0 Å². The zero-order chi connectivity index (χ0) is 11.3. The van der Waals surface area contributed by atoms with Crippen LogP contribution in [0.1, 0.15) is 39.5 Å². The maximum Gasteiger partial charge on any atom is 0.302 e. The molecule has 1 heterocycles. The van der Waals surface area contributed by atoms with E-state index in [-0.39, 0.29) is 24.3 Å². The minimum Gasteiger partial charge on any atom is -0.466 e. The molecule has 1 fully saturated rings. The van der Waals surface area contributed by atoms with Crippen LogP contribution in [-0.2, 0) is 14.3 Å². The number of carbonyl (C=O) groups is 1. The van der Waals surface area contributed by atoms with Crippen molar-refractivity contribution in [2.45, 2.75) is 57.8 Å². The molecule has 1 aliphatic rings. The third-order valence-electron chi connectivity index (χ3n) is 2.68. The Hall–Kier alpha value is -0.610. The number of carbonyl (C=O) groups excluding carboxylic acids is 1. The molecule has 0 aromatic carbocycles. The molecule has 1 rings (SSSR count). The van der Waals surface area contributed by atoms with Crippen molar-refractivity contribution < 1.29 is 19.4 Å². The van der Waals surface area contributed by atoms with Gasteiger partial charge in [-0.05, 0) is 19.3 Å². The SMILES string of the molecule is CC[C@@H]1O[C@H](CCCOC(C)=O)C[C@@H]1O. The fraction of sp³-hybridized carbons (Fsp3) is 0.909. The minimum absolute atomic E-state index is 0.0104. The van der Waals surface area contributed by atoms with E-state index in [2.05, 4.69) is 0 Å². The first-order valence-corrected chi connectivity index (χ1v) is 5.60. The largest absolute Gasteiger partial charge is 0.466 e. The third kappa shape index (κ3) is 4.18. The van der Waals surface area contributed by atoms with Crippen molar-refractivity contribution in [2.75, 3.05) is 6.61 Å². The number of aliphatic hydroxyl groups excluding tert-OH is 1. The summed E-state index contributed by atoms with van der Waals surface area (Å²) in [5.41, 5.74) is 0. The van der Waals surface area contributed by atoms with Crippen molar-refractivity contribution in [3.63, 3.8) is 0 Å². The van der Waals surface area contributed by atoms with E-state index in [1.54, 1.807) is 0 Å². The molecule has 1 saturated heterocycles. The molecule has 0 amide bonds. The summed E-state index contributed by atoms with van der Waals surface area (Å²) in [6.07, 6.45) is 2.99. The highest BCUT2D eigenvalue weighted by atomic mass is 16.5. The van der Waals surface area contributed by atoms with Gasteiger partial charge in [0.25, 0.3) is 0 Å². The van der Waals surface area contributed by atoms with Crippen molar-refractivity contribution in [3.8, 4) is 0 Å². The smallest absolute Gasteiger partial charge is 0.302 e. The predicted molar refractivity (Wildman–Crippen MR) is 55.4 cm³/mol. The molecule has 1 N–H and O–H groups in total. The van der Waals surface area contributed by atoms with E-state index in [1.807, 2.05) is 6.92 Å². The first-order chi connectivity index (χ1) is 7.13. The average Bonchev–Trinajstić information content (AvgIpc) is 2.53. The maximum absolute atomic E-state index is 10.5. The molecule has 3 atom stereocenters. The molecular weight excluding hydrogens is 196 g/mol. The van der Waals surface area contributed by atoms with E-state index in [4.69, 9.17) is 9.47 Å². The van der Waals surface area contributed by atoms with Crippen LogP contribution in [0.2, 0.25) is 0 Å². The molecule has 15 heavy (non-hydrogen) atoms. The Bertz CT molecular complexity index is 205. The zero-order valence-corrected chi connectivity index (χ0v) is 9.44. The van der Waals surface area contributed by atoms with Crippen molar-refractivity contribution in [3.05, 3.63) is 0 Å². The Morgan fingerprint density at radius 3 is 2.87 bits per heavy atom. The van der Waals surface area contributed by atoms with Crippen LogP contribution >= 0.6 is 0 Å². The Morgan fingerprint density at radius 1 is 1.60 bits per heavy atom. The molecule has 0 radical (unpaired) electrons. The molecule has 0 aromatic rings. The molecule has 4 nitrogen and oxygen atoms in total. The molecular formula is C11H20O4. The summed E-state index contributed by atoms with van der Waals surface area (Å²) in [6, 6.07) is 0. The topological polar surface area (TPSA) is 55.8 Å². The van der Waals surface area contributed by atoms with Gasteiger partial charge < -0.3 is 14.6 Å². The summed E-state index contributed by atoms with van der Waals surface area (Å²) in [5, 5.41) is 9.59. The Labute approximate surface area is 90.6 Å². The van der Waals surface area contributed by atoms with E-state index < -0.39 is 0 Å². The number of rotatable bonds is 5. The van der Waals surface area contributed by atoms with Gasteiger partial charge in [0.1, 0.15) is 0 Å². The normalized spacial score (nSPS) is 30.5. The van der Waals surface area contributed by atoms with Gasteiger partial charge >= 0.3 is 5.97 Å². The molecule has 88 valence electrons. The third-order valence-corrected chi connectivity index (χ3v) is 2.68. The van der Waals surface area contributed by atoms with Gasteiger partial charge in [-0.25, -0.2) is 0 Å². The van der Waals surface area contributed by atoms with E-state index in [1.165, 1.54) is 6.92 Å². The molecule has 0 aromatic heterocycles. The summed E-state index contributed by atoms with van der Waals surface area (Å²) in [5.74, 6) is -0.242. The van der Waals surface area contributed by atoms with Gasteiger partial charge in [0.15, 0.2) is 0 Å². The van der Waals surface area contributed by atoms with Crippen molar-refractivity contribution >= 4 is 5.97 Å². The van der Waals surface area contributed by atoms with Crippen molar-refractivity contribution in [1.29, 1.82) is 0 Å². The standard InChI is InChI=1S/C11H20O4/c1-3-11-10(13)7-9(15-11)5-4-6-14-8(2)12/h9-11,13H,3-7H2,1-2H3/t9-,10+,11+/m1/s1. The highest BCUT2D eigenvalue weighted by Crippen LogP contribution is 2.25. The molecule has 0 spiro atoms. The second-order valence-electron chi connectivity index (χ2n) is 3.99. The summed E-state index contributed by atoms with van der Waals surface area (Å²) in [6.45, 7) is 3.86. The minimum atomic E-state index is -0.325. The van der Waals surface area contributed by atoms with Crippen molar-refractivity contribution in [2.24, 2.45) is 0 Å². The highest BCUT2D eigenvalue weighted by Gasteiger charge is 2.31. The summed E-state index contributed by atoms with van der Waals surface area (Å²) in [4.78, 5) is 10.5. The maximum atomic E-state index is 10.5. The van der Waals surface area contributed by atoms with Crippen LogP contribution in [0.15, 0.2) is 0 Å². The first kappa shape index (κ1) is 12.5. The zero-order valence-electron chi connectivity index (χ0n) is 9.44. The van der Waals surface area contributed by atoms with Crippen LogP contribution < -0.4 is 0 Å². The van der Waals surface area contributed by atoms with Gasteiger partial charge in [-0.2, -0.15) is 0 Å². The van der Waals surface area contributed by atoms with Gasteiger partial charge in [0, 0.05) is 13.3 Å². The molecule has 0 saturated carbocycles. The molecule has 1 aliphatic heterocycles. The van der Waals surface area contributed by atoms with Crippen LogP contribution in [0.25, 0.3) is 0 Å². The lowest BCUT2D eigenvalue weighted by Crippen LogP contribution is -2.19. The lowest BCUT2D eigenvalue weighted by molar-refractivity contribution is -0.141. The summed E-state index contributed by atoms with van der Waals surface area (Å²) >= 11 is 0. The summed E-state index contributed by atoms with van der Waals surface area (Å²) in [7, 11) is 0. The quantitative estimate of drug-likeness (QED) is 0.555. The van der Waals surface area contributed by atoms with Crippen LogP contribution in [0.4, 0.5) is 0 Å². The van der Waals surface area contributed by atoms with Gasteiger partial charge in [-0.1, -0.05) is 6.92 Å². The number of ether oxygens (including phenoxy) is 2. The first-order valence-electron chi connectivity index (χ1n) is 5.60. The van der Waals surface area contributed by atoms with E-state index in [0.29, 0.717) is 13.0 Å². The Morgan fingerprint density at radius 2 is 2.33 bits per heavy atom.